The van der Waals surface area contributed by atoms with E-state index in [4.69, 9.17) is 5.73 Å². The summed E-state index contributed by atoms with van der Waals surface area (Å²) in [5, 5.41) is 0. The third-order valence-electron chi connectivity index (χ3n) is 2.88. The predicted molar refractivity (Wildman–Crippen MR) is 66.4 cm³/mol. The molecule has 0 fully saturated rings. The zero-order chi connectivity index (χ0) is 12.3. The van der Waals surface area contributed by atoms with Gasteiger partial charge < -0.3 is 5.73 Å². The normalized spacial score (nSPS) is 14.3. The highest BCUT2D eigenvalue weighted by Crippen LogP contribution is 2.32. The smallest absolute Gasteiger partial charge is 0.174 e. The van der Waals surface area contributed by atoms with Crippen molar-refractivity contribution in [3.05, 3.63) is 65.5 Å². The quantitative estimate of drug-likeness (QED) is 0.880. The Morgan fingerprint density at radius 3 is 2.35 bits per heavy atom. The Bertz CT molecular complexity index is 481. The minimum absolute atomic E-state index is 0.0955. The van der Waals surface area contributed by atoms with Crippen LogP contribution < -0.4 is 5.73 Å². The lowest BCUT2D eigenvalue weighted by atomic mass is 9.89. The molecule has 0 radical (unpaired) electrons. The standard InChI is InChI=1S/C14H15FN2/c1-11-7-8-13(9-17-11)14(15,10-16)12-5-3-2-4-6-12/h2-9H,10,16H2,1H3. The molecule has 0 bridgehead atoms. The van der Waals surface area contributed by atoms with Crippen LogP contribution in [0.1, 0.15) is 16.8 Å². The number of benzene rings is 1. The Morgan fingerprint density at radius 1 is 1.12 bits per heavy atom. The Kier molecular flexibility index (Phi) is 3.20. The molecule has 3 heteroatoms. The molecule has 0 spiro atoms. The van der Waals surface area contributed by atoms with Gasteiger partial charge in [0.1, 0.15) is 0 Å². The molecular formula is C14H15FN2. The van der Waals surface area contributed by atoms with Gasteiger partial charge in [0.15, 0.2) is 5.67 Å². The summed E-state index contributed by atoms with van der Waals surface area (Å²) in [5.74, 6) is 0. The Hall–Kier alpha value is -1.74. The second-order valence-electron chi connectivity index (χ2n) is 4.06. The number of nitrogens with zero attached hydrogens (tertiary/aromatic N) is 1. The van der Waals surface area contributed by atoms with Gasteiger partial charge in [0.05, 0.1) is 0 Å². The number of rotatable bonds is 3. The van der Waals surface area contributed by atoms with E-state index in [1.807, 2.05) is 13.0 Å². The van der Waals surface area contributed by atoms with Crippen molar-refractivity contribution in [1.82, 2.24) is 4.98 Å². The maximum atomic E-state index is 15.0. The minimum Gasteiger partial charge on any atom is -0.327 e. The Labute approximate surface area is 100 Å². The van der Waals surface area contributed by atoms with Crippen molar-refractivity contribution < 1.29 is 4.39 Å². The second-order valence-corrected chi connectivity index (χ2v) is 4.06. The van der Waals surface area contributed by atoms with E-state index in [1.54, 1.807) is 42.6 Å². The molecule has 2 rings (SSSR count). The van der Waals surface area contributed by atoms with Gasteiger partial charge in [-0.1, -0.05) is 36.4 Å². The van der Waals surface area contributed by atoms with E-state index in [0.29, 0.717) is 11.1 Å². The molecule has 2 nitrogen and oxygen atoms in total. The summed E-state index contributed by atoms with van der Waals surface area (Å²) in [6.07, 6.45) is 1.55. The molecule has 17 heavy (non-hydrogen) atoms. The van der Waals surface area contributed by atoms with E-state index in [-0.39, 0.29) is 6.54 Å². The second kappa shape index (κ2) is 4.63. The van der Waals surface area contributed by atoms with Crippen molar-refractivity contribution in [2.45, 2.75) is 12.6 Å². The number of halogens is 1. The fourth-order valence-electron chi connectivity index (χ4n) is 1.81. The minimum atomic E-state index is -1.66. The van der Waals surface area contributed by atoms with Gasteiger partial charge in [0.25, 0.3) is 0 Å². The van der Waals surface area contributed by atoms with Crippen LogP contribution in [-0.4, -0.2) is 11.5 Å². The van der Waals surface area contributed by atoms with Gasteiger partial charge in [0.2, 0.25) is 0 Å². The predicted octanol–water partition coefficient (Wildman–Crippen LogP) is 2.56. The monoisotopic (exact) mass is 230 g/mol. The number of hydrogen-bond acceptors (Lipinski definition) is 2. The topological polar surface area (TPSA) is 38.9 Å². The van der Waals surface area contributed by atoms with Gasteiger partial charge in [-0.25, -0.2) is 4.39 Å². The highest BCUT2D eigenvalue weighted by molar-refractivity contribution is 5.35. The number of hydrogen-bond donors (Lipinski definition) is 1. The SMILES string of the molecule is Cc1ccc(C(F)(CN)c2ccccc2)cn1. The Morgan fingerprint density at radius 2 is 1.82 bits per heavy atom. The number of pyridine rings is 1. The maximum absolute atomic E-state index is 15.0. The van der Waals surface area contributed by atoms with Crippen LogP contribution in [-0.2, 0) is 5.67 Å². The highest BCUT2D eigenvalue weighted by Gasteiger charge is 2.32. The zero-order valence-electron chi connectivity index (χ0n) is 9.73. The van der Waals surface area contributed by atoms with E-state index in [1.165, 1.54) is 0 Å². The van der Waals surface area contributed by atoms with E-state index in [9.17, 15) is 4.39 Å². The maximum Gasteiger partial charge on any atom is 0.174 e. The van der Waals surface area contributed by atoms with Crippen LogP contribution in [0.15, 0.2) is 48.7 Å². The van der Waals surface area contributed by atoms with Gasteiger partial charge >= 0.3 is 0 Å². The molecule has 0 aliphatic rings. The fraction of sp³-hybridized carbons (Fsp3) is 0.214. The third-order valence-corrected chi connectivity index (χ3v) is 2.88. The molecule has 0 amide bonds. The first-order valence-electron chi connectivity index (χ1n) is 5.54. The van der Waals surface area contributed by atoms with Crippen LogP contribution in [0.25, 0.3) is 0 Å². The molecule has 0 aliphatic heterocycles. The first kappa shape index (κ1) is 11.7. The van der Waals surface area contributed by atoms with Crippen LogP contribution in [0.3, 0.4) is 0 Å². The largest absolute Gasteiger partial charge is 0.327 e. The molecule has 1 heterocycles. The average Bonchev–Trinajstić information content (AvgIpc) is 2.40. The molecule has 1 aromatic heterocycles. The average molecular weight is 230 g/mol. The summed E-state index contributed by atoms with van der Waals surface area (Å²) < 4.78 is 15.0. The molecule has 1 atom stereocenters. The Balaban J connectivity index is 2.48. The van der Waals surface area contributed by atoms with Crippen molar-refractivity contribution in [2.24, 2.45) is 5.73 Å². The lowest BCUT2D eigenvalue weighted by Crippen LogP contribution is -2.31. The summed E-state index contributed by atoms with van der Waals surface area (Å²) in [6, 6.07) is 12.5. The summed E-state index contributed by atoms with van der Waals surface area (Å²) in [4.78, 5) is 4.12. The van der Waals surface area contributed by atoms with Crippen molar-refractivity contribution >= 4 is 0 Å². The molecule has 0 saturated heterocycles. The molecule has 88 valence electrons. The van der Waals surface area contributed by atoms with Crippen LogP contribution in [0, 0.1) is 6.92 Å². The van der Waals surface area contributed by atoms with Gasteiger partial charge in [-0.05, 0) is 18.6 Å². The van der Waals surface area contributed by atoms with Crippen molar-refractivity contribution in [3.63, 3.8) is 0 Å². The molecule has 1 aromatic carbocycles. The summed E-state index contributed by atoms with van der Waals surface area (Å²) in [5.41, 5.74) is 5.86. The number of nitrogens with two attached hydrogens (primary N) is 1. The van der Waals surface area contributed by atoms with E-state index in [0.717, 1.165) is 5.69 Å². The summed E-state index contributed by atoms with van der Waals surface area (Å²) >= 11 is 0. The van der Waals surface area contributed by atoms with E-state index in [2.05, 4.69) is 4.98 Å². The number of aromatic nitrogens is 1. The molecule has 0 saturated carbocycles. The number of alkyl halides is 1. The highest BCUT2D eigenvalue weighted by atomic mass is 19.1. The fourth-order valence-corrected chi connectivity index (χ4v) is 1.81. The first-order chi connectivity index (χ1) is 8.16. The van der Waals surface area contributed by atoms with Crippen molar-refractivity contribution in [1.29, 1.82) is 0 Å². The summed E-state index contributed by atoms with van der Waals surface area (Å²) in [7, 11) is 0. The van der Waals surface area contributed by atoms with Gasteiger partial charge in [0, 0.05) is 24.0 Å². The third kappa shape index (κ3) is 2.19. The number of aryl methyl sites for hydroxylation is 1. The molecule has 2 aromatic rings. The van der Waals surface area contributed by atoms with Crippen LogP contribution in [0.5, 0.6) is 0 Å². The zero-order valence-corrected chi connectivity index (χ0v) is 9.73. The molecule has 1 unspecified atom stereocenters. The molecule has 0 aliphatic carbocycles. The van der Waals surface area contributed by atoms with Crippen LogP contribution >= 0.6 is 0 Å². The van der Waals surface area contributed by atoms with Crippen LogP contribution in [0.4, 0.5) is 4.39 Å². The van der Waals surface area contributed by atoms with E-state index >= 15 is 0 Å². The lowest BCUT2D eigenvalue weighted by molar-refractivity contribution is 0.232. The van der Waals surface area contributed by atoms with Gasteiger partial charge in [-0.15, -0.1) is 0 Å². The summed E-state index contributed by atoms with van der Waals surface area (Å²) in [6.45, 7) is 1.77. The van der Waals surface area contributed by atoms with Gasteiger partial charge in [-0.2, -0.15) is 0 Å². The van der Waals surface area contributed by atoms with Crippen molar-refractivity contribution in [2.75, 3.05) is 6.54 Å². The molecular weight excluding hydrogens is 215 g/mol. The van der Waals surface area contributed by atoms with Crippen LogP contribution in [0.2, 0.25) is 0 Å². The van der Waals surface area contributed by atoms with Crippen molar-refractivity contribution in [3.8, 4) is 0 Å². The van der Waals surface area contributed by atoms with Gasteiger partial charge in [-0.3, -0.25) is 4.98 Å². The lowest BCUT2D eigenvalue weighted by Gasteiger charge is -2.24. The van der Waals surface area contributed by atoms with E-state index < -0.39 is 5.67 Å². The molecule has 2 N–H and O–H groups in total. The first-order valence-corrected chi connectivity index (χ1v) is 5.54.